The SMILES string of the molecule is CC(C)CNC1CC(c2ccccc2)CN(C(N)=O)C1. The van der Waals surface area contributed by atoms with Crippen molar-refractivity contribution < 1.29 is 4.79 Å². The highest BCUT2D eigenvalue weighted by Crippen LogP contribution is 2.27. The summed E-state index contributed by atoms with van der Waals surface area (Å²) in [6, 6.07) is 10.4. The number of hydrogen-bond acceptors (Lipinski definition) is 2. The second-order valence-electron chi connectivity index (χ2n) is 6.09. The normalized spacial score (nSPS) is 23.1. The molecule has 2 amide bonds. The lowest BCUT2D eigenvalue weighted by Gasteiger charge is -2.38. The minimum Gasteiger partial charge on any atom is -0.351 e. The molecule has 0 aromatic heterocycles. The fourth-order valence-electron chi connectivity index (χ4n) is 2.80. The summed E-state index contributed by atoms with van der Waals surface area (Å²) >= 11 is 0. The molecule has 0 spiro atoms. The van der Waals surface area contributed by atoms with Crippen LogP contribution in [-0.2, 0) is 0 Å². The molecule has 1 aromatic carbocycles. The Morgan fingerprint density at radius 2 is 2.05 bits per heavy atom. The van der Waals surface area contributed by atoms with E-state index in [-0.39, 0.29) is 6.03 Å². The van der Waals surface area contributed by atoms with Crippen LogP contribution in [0, 0.1) is 5.92 Å². The van der Waals surface area contributed by atoms with Gasteiger partial charge in [-0.1, -0.05) is 44.2 Å². The zero-order valence-corrected chi connectivity index (χ0v) is 12.4. The van der Waals surface area contributed by atoms with Crippen molar-refractivity contribution in [3.63, 3.8) is 0 Å². The van der Waals surface area contributed by atoms with Gasteiger partial charge in [0.2, 0.25) is 0 Å². The molecule has 20 heavy (non-hydrogen) atoms. The molecular formula is C16H25N3O. The van der Waals surface area contributed by atoms with Crippen molar-refractivity contribution in [2.45, 2.75) is 32.2 Å². The van der Waals surface area contributed by atoms with Crippen LogP contribution in [0.5, 0.6) is 0 Å². The van der Waals surface area contributed by atoms with E-state index in [2.05, 4.69) is 43.4 Å². The summed E-state index contributed by atoms with van der Waals surface area (Å²) < 4.78 is 0. The van der Waals surface area contributed by atoms with Gasteiger partial charge in [0, 0.05) is 25.0 Å². The predicted octanol–water partition coefficient (Wildman–Crippen LogP) is 2.17. The van der Waals surface area contributed by atoms with E-state index in [0.717, 1.165) is 19.5 Å². The number of urea groups is 1. The zero-order chi connectivity index (χ0) is 14.5. The van der Waals surface area contributed by atoms with E-state index in [1.807, 2.05) is 6.07 Å². The van der Waals surface area contributed by atoms with Gasteiger partial charge in [0.05, 0.1) is 0 Å². The van der Waals surface area contributed by atoms with Gasteiger partial charge in [-0.2, -0.15) is 0 Å². The summed E-state index contributed by atoms with van der Waals surface area (Å²) in [5.41, 5.74) is 6.77. The van der Waals surface area contributed by atoms with Crippen molar-refractivity contribution in [3.05, 3.63) is 35.9 Å². The molecular weight excluding hydrogens is 250 g/mol. The highest BCUT2D eigenvalue weighted by molar-refractivity contribution is 5.72. The quantitative estimate of drug-likeness (QED) is 0.884. The second kappa shape index (κ2) is 6.75. The summed E-state index contributed by atoms with van der Waals surface area (Å²) in [5, 5.41) is 3.56. The first-order valence-electron chi connectivity index (χ1n) is 7.39. The fraction of sp³-hybridized carbons (Fsp3) is 0.562. The Morgan fingerprint density at radius 1 is 1.35 bits per heavy atom. The van der Waals surface area contributed by atoms with E-state index in [0.29, 0.717) is 24.4 Å². The molecule has 0 radical (unpaired) electrons. The topological polar surface area (TPSA) is 58.4 Å². The Labute approximate surface area is 121 Å². The predicted molar refractivity (Wildman–Crippen MR) is 81.6 cm³/mol. The smallest absolute Gasteiger partial charge is 0.314 e. The first-order valence-corrected chi connectivity index (χ1v) is 7.39. The highest BCUT2D eigenvalue weighted by atomic mass is 16.2. The molecule has 2 atom stereocenters. The molecule has 0 bridgehead atoms. The Hall–Kier alpha value is -1.55. The number of nitrogens with one attached hydrogen (secondary N) is 1. The molecule has 4 nitrogen and oxygen atoms in total. The van der Waals surface area contributed by atoms with E-state index >= 15 is 0 Å². The number of likely N-dealkylation sites (tertiary alicyclic amines) is 1. The van der Waals surface area contributed by atoms with Crippen LogP contribution >= 0.6 is 0 Å². The minimum absolute atomic E-state index is 0.318. The van der Waals surface area contributed by atoms with Crippen LogP contribution in [0.2, 0.25) is 0 Å². The summed E-state index contributed by atoms with van der Waals surface area (Å²) in [7, 11) is 0. The molecule has 1 fully saturated rings. The van der Waals surface area contributed by atoms with Gasteiger partial charge in [0.25, 0.3) is 0 Å². The van der Waals surface area contributed by atoms with Crippen molar-refractivity contribution in [2.24, 2.45) is 11.7 Å². The van der Waals surface area contributed by atoms with Gasteiger partial charge in [0.15, 0.2) is 0 Å². The van der Waals surface area contributed by atoms with E-state index < -0.39 is 0 Å². The molecule has 3 N–H and O–H groups in total. The van der Waals surface area contributed by atoms with E-state index in [1.165, 1.54) is 5.56 Å². The van der Waals surface area contributed by atoms with Crippen LogP contribution in [0.25, 0.3) is 0 Å². The first-order chi connectivity index (χ1) is 9.56. The van der Waals surface area contributed by atoms with Crippen LogP contribution in [0.4, 0.5) is 4.79 Å². The lowest BCUT2D eigenvalue weighted by molar-refractivity contribution is 0.171. The fourth-order valence-corrected chi connectivity index (χ4v) is 2.80. The molecule has 0 saturated carbocycles. The van der Waals surface area contributed by atoms with Crippen molar-refractivity contribution in [3.8, 4) is 0 Å². The number of carbonyl (C=O) groups excluding carboxylic acids is 1. The largest absolute Gasteiger partial charge is 0.351 e. The standard InChI is InChI=1S/C16H25N3O/c1-12(2)9-18-15-8-14(10-19(11-15)16(17)20)13-6-4-3-5-7-13/h3-7,12,14-15,18H,8-11H2,1-2H3,(H2,17,20). The van der Waals surface area contributed by atoms with Crippen molar-refractivity contribution in [1.82, 2.24) is 10.2 Å². The molecule has 4 heteroatoms. The van der Waals surface area contributed by atoms with Gasteiger partial charge in [-0.15, -0.1) is 0 Å². The number of amides is 2. The zero-order valence-electron chi connectivity index (χ0n) is 12.4. The molecule has 1 saturated heterocycles. The van der Waals surface area contributed by atoms with Gasteiger partial charge in [-0.05, 0) is 24.4 Å². The summed E-state index contributed by atoms with van der Waals surface area (Å²) in [6.07, 6.45) is 1.06. The average Bonchev–Trinajstić information content (AvgIpc) is 2.45. The number of piperidine rings is 1. The number of primary amides is 1. The van der Waals surface area contributed by atoms with Gasteiger partial charge in [-0.3, -0.25) is 0 Å². The van der Waals surface area contributed by atoms with E-state index in [9.17, 15) is 4.79 Å². The first kappa shape index (κ1) is 14.9. The van der Waals surface area contributed by atoms with Crippen LogP contribution in [0.1, 0.15) is 31.7 Å². The molecule has 1 aliphatic heterocycles. The summed E-state index contributed by atoms with van der Waals surface area (Å²) in [4.78, 5) is 13.3. The Balaban J connectivity index is 2.06. The minimum atomic E-state index is -0.318. The van der Waals surface area contributed by atoms with Crippen LogP contribution in [0.15, 0.2) is 30.3 Å². The number of hydrogen-bond donors (Lipinski definition) is 2. The van der Waals surface area contributed by atoms with Gasteiger partial charge in [0.1, 0.15) is 0 Å². The van der Waals surface area contributed by atoms with Crippen LogP contribution in [-0.4, -0.2) is 36.6 Å². The van der Waals surface area contributed by atoms with Gasteiger partial charge < -0.3 is 16.0 Å². The molecule has 1 heterocycles. The molecule has 1 aliphatic rings. The number of nitrogens with two attached hydrogens (primary N) is 1. The van der Waals surface area contributed by atoms with Crippen molar-refractivity contribution in [2.75, 3.05) is 19.6 Å². The third-order valence-electron chi connectivity index (χ3n) is 3.85. The van der Waals surface area contributed by atoms with Gasteiger partial charge >= 0.3 is 6.03 Å². The third-order valence-corrected chi connectivity index (χ3v) is 3.85. The summed E-state index contributed by atoms with van der Waals surface area (Å²) in [6.45, 7) is 6.79. The lowest BCUT2D eigenvalue weighted by Crippen LogP contribution is -2.52. The molecule has 110 valence electrons. The highest BCUT2D eigenvalue weighted by Gasteiger charge is 2.29. The number of rotatable bonds is 4. The molecule has 1 aromatic rings. The third kappa shape index (κ3) is 3.97. The van der Waals surface area contributed by atoms with Crippen molar-refractivity contribution in [1.29, 1.82) is 0 Å². The van der Waals surface area contributed by atoms with E-state index in [1.54, 1.807) is 4.90 Å². The maximum atomic E-state index is 11.5. The van der Waals surface area contributed by atoms with Crippen LogP contribution in [0.3, 0.4) is 0 Å². The van der Waals surface area contributed by atoms with Gasteiger partial charge in [-0.25, -0.2) is 4.79 Å². The maximum absolute atomic E-state index is 11.5. The number of benzene rings is 1. The molecule has 2 rings (SSSR count). The van der Waals surface area contributed by atoms with E-state index in [4.69, 9.17) is 5.73 Å². The molecule has 0 aliphatic carbocycles. The Morgan fingerprint density at radius 3 is 2.65 bits per heavy atom. The maximum Gasteiger partial charge on any atom is 0.314 e. The number of nitrogens with zero attached hydrogens (tertiary/aromatic N) is 1. The lowest BCUT2D eigenvalue weighted by atomic mass is 9.88. The molecule has 2 unspecified atom stereocenters. The van der Waals surface area contributed by atoms with Crippen molar-refractivity contribution >= 4 is 6.03 Å². The number of carbonyl (C=O) groups is 1. The van der Waals surface area contributed by atoms with Crippen LogP contribution < -0.4 is 11.1 Å². The Bertz CT molecular complexity index is 433. The second-order valence-corrected chi connectivity index (χ2v) is 6.09. The summed E-state index contributed by atoms with van der Waals surface area (Å²) in [5.74, 6) is 0.969. The average molecular weight is 275 g/mol. The Kier molecular flexibility index (Phi) is 5.01. The monoisotopic (exact) mass is 275 g/mol.